The molecule has 0 unspecified atom stereocenters. The van der Waals surface area contributed by atoms with Gasteiger partial charge >= 0.3 is 0 Å². The molecule has 2 aromatic carbocycles. The quantitative estimate of drug-likeness (QED) is 0.345. The van der Waals surface area contributed by atoms with E-state index in [0.29, 0.717) is 17.1 Å². The van der Waals surface area contributed by atoms with Crippen molar-refractivity contribution in [2.75, 3.05) is 38.5 Å². The topological polar surface area (TPSA) is 58.4 Å². The summed E-state index contributed by atoms with van der Waals surface area (Å²) in [6.45, 7) is 7.97. The molecular weight excluding hydrogens is 468 g/mol. The summed E-state index contributed by atoms with van der Waals surface area (Å²) in [5.74, 6) is 0.375. The lowest BCUT2D eigenvalue weighted by molar-refractivity contribution is -0.130. The Morgan fingerprint density at radius 2 is 1.78 bits per heavy atom. The van der Waals surface area contributed by atoms with E-state index < -0.39 is 0 Å². The Hall–Kier alpha value is -3.16. The van der Waals surface area contributed by atoms with Gasteiger partial charge in [0.25, 0.3) is 5.56 Å². The summed E-state index contributed by atoms with van der Waals surface area (Å²) in [6.07, 6.45) is 4.88. The van der Waals surface area contributed by atoms with Crippen LogP contribution in [0.25, 0.3) is 6.08 Å². The molecule has 0 spiro atoms. The number of carbonyl (C=O) groups is 1. The van der Waals surface area contributed by atoms with Gasteiger partial charge in [-0.25, -0.2) is 4.98 Å². The molecule has 1 aliphatic rings. The molecule has 2 heterocycles. The number of nitrogens with zero attached hydrogens (tertiary/aromatic N) is 4. The molecule has 7 heteroatoms. The molecule has 1 aromatic heterocycles. The summed E-state index contributed by atoms with van der Waals surface area (Å²) in [7, 11) is 1.74. The van der Waals surface area contributed by atoms with Crippen molar-refractivity contribution in [3.8, 4) is 0 Å². The second kappa shape index (κ2) is 12.2. The lowest BCUT2D eigenvalue weighted by atomic mass is 10.0. The zero-order valence-electron chi connectivity index (χ0n) is 21.3. The van der Waals surface area contributed by atoms with E-state index in [2.05, 4.69) is 40.2 Å². The number of piperazine rings is 1. The van der Waals surface area contributed by atoms with Gasteiger partial charge in [0, 0.05) is 57.4 Å². The van der Waals surface area contributed by atoms with Crippen LogP contribution in [-0.2, 0) is 18.3 Å². The molecule has 0 bridgehead atoms. The summed E-state index contributed by atoms with van der Waals surface area (Å²) < 4.78 is 1.58. The highest BCUT2D eigenvalue weighted by Crippen LogP contribution is 2.18. The standard InChI is InChI=1S/C29H34N4O2S/c1-22-9-7-12-25(19-22)20-26-23(2)30-29(31(3)28(26)35)36-21-27(34)33-17-15-32(16-18-33)14-8-13-24-10-5-4-6-11-24/h4-13,19H,14-18,20-21H2,1-3H3/b13-8+. The summed E-state index contributed by atoms with van der Waals surface area (Å²) in [5.41, 5.74) is 4.86. The van der Waals surface area contributed by atoms with Crippen molar-refractivity contribution in [3.63, 3.8) is 0 Å². The minimum atomic E-state index is -0.0453. The largest absolute Gasteiger partial charge is 0.339 e. The van der Waals surface area contributed by atoms with Gasteiger partial charge in [0.15, 0.2) is 5.16 Å². The summed E-state index contributed by atoms with van der Waals surface area (Å²) in [6, 6.07) is 18.5. The van der Waals surface area contributed by atoms with Gasteiger partial charge in [-0.15, -0.1) is 0 Å². The second-order valence-electron chi connectivity index (χ2n) is 9.27. The van der Waals surface area contributed by atoms with Crippen LogP contribution in [0.3, 0.4) is 0 Å². The Labute approximate surface area is 217 Å². The van der Waals surface area contributed by atoms with Crippen molar-refractivity contribution in [1.82, 2.24) is 19.4 Å². The van der Waals surface area contributed by atoms with Crippen molar-refractivity contribution in [2.24, 2.45) is 7.05 Å². The number of hydrogen-bond acceptors (Lipinski definition) is 5. The average molecular weight is 503 g/mol. The maximum atomic E-state index is 13.1. The van der Waals surface area contributed by atoms with Crippen LogP contribution in [0.5, 0.6) is 0 Å². The lowest BCUT2D eigenvalue weighted by Gasteiger charge is -2.34. The normalized spacial score (nSPS) is 14.5. The van der Waals surface area contributed by atoms with Crippen molar-refractivity contribution in [3.05, 3.63) is 99.0 Å². The predicted octanol–water partition coefficient (Wildman–Crippen LogP) is 3.94. The van der Waals surface area contributed by atoms with Gasteiger partial charge in [0.05, 0.1) is 5.75 Å². The SMILES string of the molecule is Cc1cccc(Cc2c(C)nc(SCC(=O)N3CCN(C/C=C/c4ccccc4)CC3)n(C)c2=O)c1. The minimum absolute atomic E-state index is 0.0453. The Kier molecular flexibility index (Phi) is 8.78. The molecule has 0 saturated carbocycles. The van der Waals surface area contributed by atoms with Crippen molar-refractivity contribution >= 4 is 23.7 Å². The van der Waals surface area contributed by atoms with Crippen molar-refractivity contribution in [1.29, 1.82) is 0 Å². The summed E-state index contributed by atoms with van der Waals surface area (Å²) in [4.78, 5) is 34.9. The average Bonchev–Trinajstić information content (AvgIpc) is 2.89. The molecule has 1 aliphatic heterocycles. The van der Waals surface area contributed by atoms with E-state index in [1.165, 1.54) is 22.9 Å². The second-order valence-corrected chi connectivity index (χ2v) is 10.2. The van der Waals surface area contributed by atoms with Crippen molar-refractivity contribution in [2.45, 2.75) is 25.4 Å². The molecule has 3 aromatic rings. The fourth-order valence-electron chi connectivity index (χ4n) is 4.39. The van der Waals surface area contributed by atoms with E-state index >= 15 is 0 Å². The molecule has 1 saturated heterocycles. The summed E-state index contributed by atoms with van der Waals surface area (Å²) in [5, 5.41) is 0.587. The van der Waals surface area contributed by atoms with Gasteiger partial charge in [-0.3, -0.25) is 19.1 Å². The maximum absolute atomic E-state index is 13.1. The third-order valence-electron chi connectivity index (χ3n) is 6.54. The molecule has 0 aliphatic carbocycles. The lowest BCUT2D eigenvalue weighted by Crippen LogP contribution is -2.49. The molecule has 188 valence electrons. The number of amides is 1. The van der Waals surface area contributed by atoms with Crippen LogP contribution in [0.4, 0.5) is 0 Å². The van der Waals surface area contributed by atoms with E-state index in [-0.39, 0.29) is 17.2 Å². The number of benzene rings is 2. The third kappa shape index (κ3) is 6.74. The highest BCUT2D eigenvalue weighted by molar-refractivity contribution is 7.99. The first kappa shape index (κ1) is 25.9. The minimum Gasteiger partial charge on any atom is -0.339 e. The van der Waals surface area contributed by atoms with Crippen LogP contribution in [0.15, 0.2) is 70.6 Å². The zero-order valence-corrected chi connectivity index (χ0v) is 22.1. The highest BCUT2D eigenvalue weighted by atomic mass is 32.2. The van der Waals surface area contributed by atoms with Crippen LogP contribution in [0, 0.1) is 13.8 Å². The van der Waals surface area contributed by atoms with Gasteiger partial charge in [-0.2, -0.15) is 0 Å². The van der Waals surface area contributed by atoms with Crippen LogP contribution in [0.2, 0.25) is 0 Å². The number of thioether (sulfide) groups is 1. The van der Waals surface area contributed by atoms with E-state index in [4.69, 9.17) is 0 Å². The summed E-state index contributed by atoms with van der Waals surface area (Å²) >= 11 is 1.34. The van der Waals surface area contributed by atoms with Crippen LogP contribution >= 0.6 is 11.8 Å². The van der Waals surface area contributed by atoms with Crippen LogP contribution in [0.1, 0.15) is 27.9 Å². The first-order chi connectivity index (χ1) is 17.4. The van der Waals surface area contributed by atoms with Crippen molar-refractivity contribution < 1.29 is 4.79 Å². The first-order valence-electron chi connectivity index (χ1n) is 12.4. The van der Waals surface area contributed by atoms with Gasteiger partial charge in [-0.05, 0) is 25.0 Å². The number of rotatable bonds is 8. The molecular formula is C29H34N4O2S. The molecule has 6 nitrogen and oxygen atoms in total. The zero-order chi connectivity index (χ0) is 25.5. The van der Waals surface area contributed by atoms with Crippen LogP contribution in [-0.4, -0.2) is 63.7 Å². The smallest absolute Gasteiger partial charge is 0.257 e. The van der Waals surface area contributed by atoms with Crippen LogP contribution < -0.4 is 5.56 Å². The fraction of sp³-hybridized carbons (Fsp3) is 0.345. The van der Waals surface area contributed by atoms with Gasteiger partial charge in [0.1, 0.15) is 0 Å². The molecule has 0 radical (unpaired) electrons. The molecule has 1 amide bonds. The Morgan fingerprint density at radius 3 is 2.50 bits per heavy atom. The fourth-order valence-corrected chi connectivity index (χ4v) is 5.30. The number of aromatic nitrogens is 2. The molecule has 0 N–H and O–H groups in total. The maximum Gasteiger partial charge on any atom is 0.257 e. The van der Waals surface area contributed by atoms with Gasteiger partial charge in [0.2, 0.25) is 5.91 Å². The Bertz CT molecular complexity index is 1280. The Morgan fingerprint density at radius 1 is 1.03 bits per heavy atom. The third-order valence-corrected chi connectivity index (χ3v) is 7.55. The number of carbonyl (C=O) groups excluding carboxylic acids is 1. The monoisotopic (exact) mass is 502 g/mol. The Balaban J connectivity index is 1.29. The molecule has 0 atom stereocenters. The van der Waals surface area contributed by atoms with E-state index in [0.717, 1.165) is 44.0 Å². The van der Waals surface area contributed by atoms with Gasteiger partial charge in [-0.1, -0.05) is 84.1 Å². The first-order valence-corrected chi connectivity index (χ1v) is 13.4. The number of aryl methyl sites for hydroxylation is 2. The van der Waals surface area contributed by atoms with E-state index in [1.807, 2.05) is 55.1 Å². The number of hydrogen-bond donors (Lipinski definition) is 0. The molecule has 36 heavy (non-hydrogen) atoms. The van der Waals surface area contributed by atoms with Gasteiger partial charge < -0.3 is 4.90 Å². The predicted molar refractivity (Wildman–Crippen MR) is 147 cm³/mol. The van der Waals surface area contributed by atoms with E-state index in [1.54, 1.807) is 11.6 Å². The molecule has 1 fully saturated rings. The highest BCUT2D eigenvalue weighted by Gasteiger charge is 2.21. The van der Waals surface area contributed by atoms with E-state index in [9.17, 15) is 9.59 Å². The molecule has 4 rings (SSSR count).